The molecule has 0 aromatic heterocycles. The minimum absolute atomic E-state index is 0.103. The van der Waals surface area contributed by atoms with E-state index in [1.165, 1.54) is 37.4 Å². The molecule has 0 fully saturated rings. The maximum Gasteiger partial charge on any atom is 0.335 e. The number of carboxylic acids is 1. The van der Waals surface area contributed by atoms with Gasteiger partial charge in [0.2, 0.25) is 0 Å². The van der Waals surface area contributed by atoms with Crippen LogP contribution in [0.1, 0.15) is 33.2 Å². The Balaban J connectivity index is 2.06. The van der Waals surface area contributed by atoms with Crippen molar-refractivity contribution in [1.29, 1.82) is 0 Å². The van der Waals surface area contributed by atoms with Crippen LogP contribution in [0.3, 0.4) is 0 Å². The molecule has 0 atom stereocenters. The van der Waals surface area contributed by atoms with Gasteiger partial charge in [-0.1, -0.05) is 6.07 Å². The van der Waals surface area contributed by atoms with Gasteiger partial charge in [-0.25, -0.2) is 4.79 Å². The average Bonchev–Trinajstić information content (AvgIpc) is 2.68. The van der Waals surface area contributed by atoms with E-state index in [-0.39, 0.29) is 35.7 Å². The van der Waals surface area contributed by atoms with Crippen LogP contribution < -0.4 is 14.8 Å². The number of amides is 1. The second-order valence-corrected chi connectivity index (χ2v) is 5.71. The zero-order valence-electron chi connectivity index (χ0n) is 15.4. The molecule has 0 spiro atoms. The number of benzene rings is 2. The van der Waals surface area contributed by atoms with E-state index >= 15 is 0 Å². The third-order valence-corrected chi connectivity index (χ3v) is 3.93. The van der Waals surface area contributed by atoms with E-state index in [0.717, 1.165) is 5.56 Å². The van der Waals surface area contributed by atoms with Crippen molar-refractivity contribution in [2.45, 2.75) is 13.3 Å². The summed E-state index contributed by atoms with van der Waals surface area (Å²) in [6, 6.07) is 8.51. The Hall–Kier alpha value is -3.62. The number of nitro groups is 1. The fraction of sp³-hybridized carbons (Fsp3) is 0.263. The van der Waals surface area contributed by atoms with E-state index in [0.29, 0.717) is 12.2 Å². The topological polar surface area (TPSA) is 128 Å². The first-order valence-corrected chi connectivity index (χ1v) is 8.47. The van der Waals surface area contributed by atoms with Crippen LogP contribution in [-0.2, 0) is 6.42 Å². The highest BCUT2D eigenvalue weighted by atomic mass is 16.6. The summed E-state index contributed by atoms with van der Waals surface area (Å²) in [7, 11) is 1.43. The van der Waals surface area contributed by atoms with Crippen LogP contribution in [0.15, 0.2) is 36.4 Å². The lowest BCUT2D eigenvalue weighted by atomic mass is 10.1. The van der Waals surface area contributed by atoms with Crippen LogP contribution in [0.25, 0.3) is 0 Å². The van der Waals surface area contributed by atoms with Crippen LogP contribution in [0.5, 0.6) is 11.5 Å². The first kappa shape index (κ1) is 20.7. The summed E-state index contributed by atoms with van der Waals surface area (Å²) in [5, 5.41) is 22.8. The monoisotopic (exact) mass is 388 g/mol. The van der Waals surface area contributed by atoms with Gasteiger partial charge in [0.15, 0.2) is 5.75 Å². The van der Waals surface area contributed by atoms with Gasteiger partial charge in [0.1, 0.15) is 5.75 Å². The molecule has 9 nitrogen and oxygen atoms in total. The van der Waals surface area contributed by atoms with E-state index < -0.39 is 16.8 Å². The molecule has 0 saturated carbocycles. The fourth-order valence-electron chi connectivity index (χ4n) is 2.58. The van der Waals surface area contributed by atoms with Gasteiger partial charge in [-0.05, 0) is 43.2 Å². The first-order valence-electron chi connectivity index (χ1n) is 8.47. The van der Waals surface area contributed by atoms with E-state index in [1.807, 2.05) is 0 Å². The minimum atomic E-state index is -1.06. The average molecular weight is 388 g/mol. The standard InChI is InChI=1S/C19H20N2O7/c1-3-28-16-7-6-13(10-15(16)21(25)26)18(22)20-9-8-12-4-5-14(19(23)24)11-17(12)27-2/h4-7,10-11H,3,8-9H2,1-2H3,(H,20,22)(H,23,24). The first-order chi connectivity index (χ1) is 13.4. The van der Waals surface area contributed by atoms with Crippen LogP contribution in [-0.4, -0.2) is 42.2 Å². The van der Waals surface area contributed by atoms with Gasteiger partial charge in [0, 0.05) is 18.2 Å². The van der Waals surface area contributed by atoms with Crippen molar-refractivity contribution < 1.29 is 29.1 Å². The predicted molar refractivity (Wildman–Crippen MR) is 100 cm³/mol. The lowest BCUT2D eigenvalue weighted by molar-refractivity contribution is -0.385. The van der Waals surface area contributed by atoms with Crippen LogP contribution in [0.2, 0.25) is 0 Å². The molecule has 2 N–H and O–H groups in total. The number of rotatable bonds is 9. The Morgan fingerprint density at radius 3 is 2.46 bits per heavy atom. The molecule has 2 aromatic rings. The number of hydrogen-bond donors (Lipinski definition) is 2. The van der Waals surface area contributed by atoms with Gasteiger partial charge in [-0.2, -0.15) is 0 Å². The van der Waals surface area contributed by atoms with E-state index in [2.05, 4.69) is 5.32 Å². The summed E-state index contributed by atoms with van der Waals surface area (Å²) in [4.78, 5) is 33.9. The molecule has 2 aromatic carbocycles. The second kappa shape index (κ2) is 9.36. The van der Waals surface area contributed by atoms with Gasteiger partial charge in [-0.15, -0.1) is 0 Å². The summed E-state index contributed by atoms with van der Waals surface area (Å²) in [6.07, 6.45) is 0.397. The zero-order chi connectivity index (χ0) is 20.7. The number of ether oxygens (including phenoxy) is 2. The minimum Gasteiger partial charge on any atom is -0.496 e. The lowest BCUT2D eigenvalue weighted by Gasteiger charge is -2.11. The molecule has 28 heavy (non-hydrogen) atoms. The van der Waals surface area contributed by atoms with Crippen molar-refractivity contribution >= 4 is 17.6 Å². The Labute approximate surface area is 161 Å². The molecule has 1 amide bonds. The second-order valence-electron chi connectivity index (χ2n) is 5.71. The molecule has 0 unspecified atom stereocenters. The zero-order valence-corrected chi connectivity index (χ0v) is 15.4. The van der Waals surface area contributed by atoms with Gasteiger partial charge < -0.3 is 19.9 Å². The third kappa shape index (κ3) is 4.97. The Kier molecular flexibility index (Phi) is 6.91. The van der Waals surface area contributed by atoms with Crippen molar-refractivity contribution in [3.63, 3.8) is 0 Å². The number of aromatic carboxylic acids is 1. The van der Waals surface area contributed by atoms with Crippen molar-refractivity contribution in [2.24, 2.45) is 0 Å². The molecule has 0 saturated heterocycles. The van der Waals surface area contributed by atoms with E-state index in [9.17, 15) is 19.7 Å². The van der Waals surface area contributed by atoms with Crippen molar-refractivity contribution in [3.05, 3.63) is 63.2 Å². The molecule has 0 aliphatic heterocycles. The predicted octanol–water partition coefficient (Wildman–Crippen LogP) is 2.67. The number of carboxylic acid groups (broad SMARTS) is 1. The van der Waals surface area contributed by atoms with Gasteiger partial charge in [0.05, 0.1) is 24.2 Å². The third-order valence-electron chi connectivity index (χ3n) is 3.93. The smallest absolute Gasteiger partial charge is 0.335 e. The largest absolute Gasteiger partial charge is 0.496 e. The van der Waals surface area contributed by atoms with Crippen LogP contribution in [0, 0.1) is 10.1 Å². The number of nitro benzene ring substituents is 1. The maximum atomic E-state index is 12.3. The summed E-state index contributed by atoms with van der Waals surface area (Å²) in [6.45, 7) is 2.22. The molecule has 148 valence electrons. The maximum absolute atomic E-state index is 12.3. The molecule has 0 aliphatic rings. The van der Waals surface area contributed by atoms with Crippen molar-refractivity contribution in [2.75, 3.05) is 20.3 Å². The van der Waals surface area contributed by atoms with Gasteiger partial charge in [0.25, 0.3) is 5.91 Å². The number of carbonyl (C=O) groups is 2. The summed E-state index contributed by atoms with van der Waals surface area (Å²) in [5.74, 6) is -1.01. The number of methoxy groups -OCH3 is 1. The number of nitrogens with one attached hydrogen (secondary N) is 1. The highest BCUT2D eigenvalue weighted by molar-refractivity contribution is 5.95. The summed E-state index contributed by atoms with van der Waals surface area (Å²) in [5.41, 5.74) is 0.695. The summed E-state index contributed by atoms with van der Waals surface area (Å²) < 4.78 is 10.4. The SMILES string of the molecule is CCOc1ccc(C(=O)NCCc2ccc(C(=O)O)cc2OC)cc1[N+](=O)[O-]. The van der Waals surface area contributed by atoms with Crippen LogP contribution in [0.4, 0.5) is 5.69 Å². The van der Waals surface area contributed by atoms with E-state index in [1.54, 1.807) is 13.0 Å². The Morgan fingerprint density at radius 1 is 1.14 bits per heavy atom. The summed E-state index contributed by atoms with van der Waals surface area (Å²) >= 11 is 0. The number of carbonyl (C=O) groups excluding carboxylic acids is 1. The molecule has 0 radical (unpaired) electrons. The van der Waals surface area contributed by atoms with Gasteiger partial charge >= 0.3 is 11.7 Å². The number of nitrogens with zero attached hydrogens (tertiary/aromatic N) is 1. The normalized spacial score (nSPS) is 10.2. The van der Waals surface area contributed by atoms with E-state index in [4.69, 9.17) is 14.6 Å². The molecule has 2 rings (SSSR count). The Morgan fingerprint density at radius 2 is 1.86 bits per heavy atom. The molecule has 9 heteroatoms. The van der Waals surface area contributed by atoms with Crippen molar-refractivity contribution in [3.8, 4) is 11.5 Å². The molecular formula is C19H20N2O7. The van der Waals surface area contributed by atoms with Gasteiger partial charge in [-0.3, -0.25) is 14.9 Å². The molecule has 0 heterocycles. The quantitative estimate of drug-likeness (QED) is 0.499. The Bertz CT molecular complexity index is 896. The van der Waals surface area contributed by atoms with Crippen molar-refractivity contribution in [1.82, 2.24) is 5.32 Å². The highest BCUT2D eigenvalue weighted by Crippen LogP contribution is 2.28. The fourth-order valence-corrected chi connectivity index (χ4v) is 2.58. The molecular weight excluding hydrogens is 368 g/mol. The highest BCUT2D eigenvalue weighted by Gasteiger charge is 2.18. The lowest BCUT2D eigenvalue weighted by Crippen LogP contribution is -2.26. The van der Waals surface area contributed by atoms with Crippen LogP contribution >= 0.6 is 0 Å². The number of hydrogen-bond acceptors (Lipinski definition) is 6. The molecule has 0 bridgehead atoms. The molecule has 0 aliphatic carbocycles.